The molecule has 0 aliphatic rings. The molecule has 2 aromatic rings. The van der Waals surface area contributed by atoms with Crippen LogP contribution in [0.2, 0.25) is 0 Å². The van der Waals surface area contributed by atoms with Crippen LogP contribution in [0.25, 0.3) is 10.9 Å². The van der Waals surface area contributed by atoms with Crippen molar-refractivity contribution >= 4 is 10.9 Å². The molecule has 5 nitrogen and oxygen atoms in total. The minimum Gasteiger partial charge on any atom is -0.508 e. The van der Waals surface area contributed by atoms with Gasteiger partial charge in [0, 0.05) is 18.5 Å². The van der Waals surface area contributed by atoms with E-state index in [0.717, 1.165) is 31.1 Å². The Morgan fingerprint density at radius 1 is 0.828 bits per heavy atom. The summed E-state index contributed by atoms with van der Waals surface area (Å²) in [5.74, 6) is 0.919. The highest BCUT2D eigenvalue weighted by Gasteiger charge is 2.18. The summed E-state index contributed by atoms with van der Waals surface area (Å²) in [6, 6.07) is 5.01. The van der Waals surface area contributed by atoms with Crippen LogP contribution in [0.1, 0.15) is 78.1 Å². The summed E-state index contributed by atoms with van der Waals surface area (Å²) in [4.78, 5) is 12.9. The molecule has 1 N–H and O–H groups in total. The molecular formula is C24H37NO4. The van der Waals surface area contributed by atoms with Crippen LogP contribution in [0.15, 0.2) is 23.0 Å². The monoisotopic (exact) mass is 403 g/mol. The first kappa shape index (κ1) is 23.1. The second-order valence-corrected chi connectivity index (χ2v) is 7.75. The number of rotatable bonds is 14. The van der Waals surface area contributed by atoms with E-state index in [2.05, 4.69) is 13.8 Å². The van der Waals surface area contributed by atoms with Gasteiger partial charge in [0.15, 0.2) is 5.75 Å². The third-order valence-corrected chi connectivity index (χ3v) is 5.28. The van der Waals surface area contributed by atoms with Gasteiger partial charge >= 0.3 is 0 Å². The Morgan fingerprint density at radius 2 is 1.38 bits per heavy atom. The van der Waals surface area contributed by atoms with E-state index in [1.807, 2.05) is 0 Å². The van der Waals surface area contributed by atoms with Crippen molar-refractivity contribution in [3.8, 4) is 17.2 Å². The quantitative estimate of drug-likeness (QED) is 0.396. The summed E-state index contributed by atoms with van der Waals surface area (Å²) in [6.07, 6.45) is 11.4. The average molecular weight is 404 g/mol. The Hall–Kier alpha value is -2.17. The maximum Gasteiger partial charge on any atom is 0.297 e. The van der Waals surface area contributed by atoms with Crippen LogP contribution in [-0.2, 0) is 7.05 Å². The predicted molar refractivity (Wildman–Crippen MR) is 119 cm³/mol. The van der Waals surface area contributed by atoms with Gasteiger partial charge in [0.1, 0.15) is 5.75 Å². The van der Waals surface area contributed by atoms with Gasteiger partial charge in [0.2, 0.25) is 5.75 Å². The van der Waals surface area contributed by atoms with Crippen LogP contribution >= 0.6 is 0 Å². The Kier molecular flexibility index (Phi) is 9.89. The molecule has 0 radical (unpaired) electrons. The predicted octanol–water partition coefficient (Wildman–Crippen LogP) is 5.94. The molecule has 0 atom stereocenters. The topological polar surface area (TPSA) is 60.7 Å². The molecular weight excluding hydrogens is 366 g/mol. The summed E-state index contributed by atoms with van der Waals surface area (Å²) in [5, 5.41) is 10.6. The molecule has 2 rings (SSSR count). The molecule has 0 saturated heterocycles. The third-order valence-electron chi connectivity index (χ3n) is 5.28. The van der Waals surface area contributed by atoms with Crippen molar-refractivity contribution in [2.75, 3.05) is 13.2 Å². The lowest BCUT2D eigenvalue weighted by Crippen LogP contribution is -2.21. The molecule has 0 aliphatic carbocycles. The van der Waals surface area contributed by atoms with Crippen molar-refractivity contribution in [1.82, 2.24) is 4.57 Å². The molecule has 0 unspecified atom stereocenters. The van der Waals surface area contributed by atoms with Crippen LogP contribution in [0.4, 0.5) is 0 Å². The van der Waals surface area contributed by atoms with Crippen molar-refractivity contribution in [2.24, 2.45) is 7.05 Å². The molecule has 162 valence electrons. The number of aromatic hydroxyl groups is 1. The molecule has 0 bridgehead atoms. The number of aromatic nitrogens is 1. The number of aryl methyl sites for hydroxylation is 1. The van der Waals surface area contributed by atoms with E-state index < -0.39 is 0 Å². The maximum atomic E-state index is 12.9. The van der Waals surface area contributed by atoms with Gasteiger partial charge in [0.05, 0.1) is 18.7 Å². The SMILES string of the molecule is CCCCCCCCOc1c(OCCCCCC)c2ccc(O)cc2n(C)c1=O. The Labute approximate surface area is 174 Å². The van der Waals surface area contributed by atoms with Crippen LogP contribution in [-0.4, -0.2) is 22.9 Å². The summed E-state index contributed by atoms with van der Waals surface area (Å²) in [5.41, 5.74) is 0.420. The zero-order valence-corrected chi connectivity index (χ0v) is 18.3. The maximum absolute atomic E-state index is 12.9. The molecule has 0 saturated carbocycles. The van der Waals surface area contributed by atoms with Gasteiger partial charge < -0.3 is 19.1 Å². The number of nitrogens with zero attached hydrogens (tertiary/aromatic N) is 1. The lowest BCUT2D eigenvalue weighted by atomic mass is 10.1. The molecule has 0 amide bonds. The molecule has 1 heterocycles. The van der Waals surface area contributed by atoms with Gasteiger partial charge in [-0.1, -0.05) is 65.2 Å². The summed E-state index contributed by atoms with van der Waals surface area (Å²) >= 11 is 0. The normalized spacial score (nSPS) is 11.1. The van der Waals surface area contributed by atoms with Gasteiger partial charge in [-0.15, -0.1) is 0 Å². The number of hydrogen-bond acceptors (Lipinski definition) is 4. The van der Waals surface area contributed by atoms with E-state index in [4.69, 9.17) is 9.47 Å². The first-order valence-corrected chi connectivity index (χ1v) is 11.2. The number of pyridine rings is 1. The van der Waals surface area contributed by atoms with E-state index >= 15 is 0 Å². The number of phenolic OH excluding ortho intramolecular Hbond substituents is 1. The Bertz CT molecular complexity index is 813. The first-order valence-electron chi connectivity index (χ1n) is 11.2. The Morgan fingerprint density at radius 3 is 2.03 bits per heavy atom. The molecule has 0 aliphatic heterocycles. The van der Waals surface area contributed by atoms with Gasteiger partial charge in [-0.2, -0.15) is 0 Å². The van der Waals surface area contributed by atoms with Gasteiger partial charge in [0.25, 0.3) is 5.56 Å². The van der Waals surface area contributed by atoms with Crippen molar-refractivity contribution in [3.05, 3.63) is 28.6 Å². The summed E-state index contributed by atoms with van der Waals surface area (Å²) in [7, 11) is 1.70. The molecule has 29 heavy (non-hydrogen) atoms. The van der Waals surface area contributed by atoms with E-state index in [-0.39, 0.29) is 17.1 Å². The number of unbranched alkanes of at least 4 members (excludes halogenated alkanes) is 8. The molecule has 0 spiro atoms. The molecule has 5 heteroatoms. The minimum absolute atomic E-state index is 0.127. The van der Waals surface area contributed by atoms with Crippen LogP contribution < -0.4 is 15.0 Å². The van der Waals surface area contributed by atoms with Crippen molar-refractivity contribution in [1.29, 1.82) is 0 Å². The second kappa shape index (κ2) is 12.4. The lowest BCUT2D eigenvalue weighted by molar-refractivity contribution is 0.257. The molecule has 1 aromatic heterocycles. The van der Waals surface area contributed by atoms with E-state index in [1.54, 1.807) is 25.2 Å². The van der Waals surface area contributed by atoms with E-state index in [9.17, 15) is 9.90 Å². The van der Waals surface area contributed by atoms with Crippen LogP contribution in [0, 0.1) is 0 Å². The fourth-order valence-electron chi connectivity index (χ4n) is 3.50. The van der Waals surface area contributed by atoms with Gasteiger partial charge in [-0.3, -0.25) is 4.79 Å². The summed E-state index contributed by atoms with van der Waals surface area (Å²) < 4.78 is 13.5. The third kappa shape index (κ3) is 6.69. The zero-order chi connectivity index (χ0) is 21.1. The molecule has 0 fully saturated rings. The van der Waals surface area contributed by atoms with Crippen molar-refractivity contribution in [3.63, 3.8) is 0 Å². The fourth-order valence-corrected chi connectivity index (χ4v) is 3.50. The number of benzene rings is 1. The van der Waals surface area contributed by atoms with Crippen LogP contribution in [0.3, 0.4) is 0 Å². The fraction of sp³-hybridized carbons (Fsp3) is 0.625. The zero-order valence-electron chi connectivity index (χ0n) is 18.3. The largest absolute Gasteiger partial charge is 0.508 e. The highest BCUT2D eigenvalue weighted by atomic mass is 16.5. The van der Waals surface area contributed by atoms with E-state index in [1.165, 1.54) is 43.1 Å². The highest BCUT2D eigenvalue weighted by molar-refractivity contribution is 5.88. The highest BCUT2D eigenvalue weighted by Crippen LogP contribution is 2.34. The summed E-state index contributed by atoms with van der Waals surface area (Å²) in [6.45, 7) is 5.45. The number of ether oxygens (including phenoxy) is 2. The van der Waals surface area contributed by atoms with Crippen molar-refractivity contribution < 1.29 is 14.6 Å². The Balaban J connectivity index is 2.17. The van der Waals surface area contributed by atoms with E-state index in [0.29, 0.717) is 24.5 Å². The van der Waals surface area contributed by atoms with Crippen LogP contribution in [0.5, 0.6) is 17.2 Å². The van der Waals surface area contributed by atoms with Gasteiger partial charge in [-0.05, 0) is 25.0 Å². The average Bonchev–Trinajstić information content (AvgIpc) is 2.72. The van der Waals surface area contributed by atoms with Crippen molar-refractivity contribution in [2.45, 2.75) is 78.1 Å². The minimum atomic E-state index is -0.224. The lowest BCUT2D eigenvalue weighted by Gasteiger charge is -2.17. The number of phenols is 1. The van der Waals surface area contributed by atoms with Gasteiger partial charge in [-0.25, -0.2) is 0 Å². The standard InChI is InChI=1S/C24H37NO4/c1-4-6-8-10-11-13-17-29-23-22(28-16-12-9-7-5-2)20-15-14-19(26)18-21(20)25(3)24(23)27/h14-15,18,26H,4-13,16-17H2,1-3H3. The number of hydrogen-bond donors (Lipinski definition) is 1. The first-order chi connectivity index (χ1) is 14.1. The molecule has 1 aromatic carbocycles. The smallest absolute Gasteiger partial charge is 0.297 e. The second-order valence-electron chi connectivity index (χ2n) is 7.75. The number of fused-ring (bicyclic) bond motifs is 1.